The summed E-state index contributed by atoms with van der Waals surface area (Å²) in [6.45, 7) is 2.69. The van der Waals surface area contributed by atoms with Crippen molar-refractivity contribution in [3.05, 3.63) is 107 Å². The Labute approximate surface area is 196 Å². The summed E-state index contributed by atoms with van der Waals surface area (Å²) < 4.78 is 46.9. The van der Waals surface area contributed by atoms with E-state index < -0.39 is 7.25 Å². The first kappa shape index (κ1) is 26.3. The van der Waals surface area contributed by atoms with Gasteiger partial charge in [-0.15, -0.1) is 0 Å². The van der Waals surface area contributed by atoms with Crippen LogP contribution in [0.1, 0.15) is 12.5 Å². The first-order chi connectivity index (χ1) is 15.7. The Balaban J connectivity index is 0.000000696. The number of thioether (sulfide) groups is 1. The molecule has 1 aliphatic carbocycles. The van der Waals surface area contributed by atoms with Crippen LogP contribution in [0, 0.1) is 0 Å². The molecule has 0 atom stereocenters. The highest BCUT2D eigenvalue weighted by molar-refractivity contribution is 8.03. The zero-order valence-corrected chi connectivity index (χ0v) is 19.5. The van der Waals surface area contributed by atoms with E-state index in [1.165, 1.54) is 26.6 Å². The maximum absolute atomic E-state index is 9.75. The van der Waals surface area contributed by atoms with Crippen molar-refractivity contribution in [2.24, 2.45) is 0 Å². The van der Waals surface area contributed by atoms with E-state index in [2.05, 4.69) is 83.5 Å². The number of benzene rings is 1. The van der Waals surface area contributed by atoms with E-state index >= 15 is 0 Å². The summed E-state index contributed by atoms with van der Waals surface area (Å²) in [5, 5.41) is 0. The molecule has 0 N–H and O–H groups in total. The van der Waals surface area contributed by atoms with Crippen molar-refractivity contribution < 1.29 is 26.6 Å². The van der Waals surface area contributed by atoms with Crippen molar-refractivity contribution in [3.8, 4) is 0 Å². The molecule has 0 spiro atoms. The molecule has 0 bridgehead atoms. The fourth-order valence-corrected chi connectivity index (χ4v) is 3.80. The second-order valence-corrected chi connectivity index (χ2v) is 8.14. The molecule has 0 amide bonds. The average molecular weight is 475 g/mol. The van der Waals surface area contributed by atoms with Crippen molar-refractivity contribution in [3.63, 3.8) is 0 Å². The average Bonchev–Trinajstić information content (AvgIpc) is 2.75. The molecule has 2 aliphatic rings. The molecule has 0 aromatic heterocycles. The molecule has 0 saturated heterocycles. The Morgan fingerprint density at radius 3 is 2.12 bits per heavy atom. The monoisotopic (exact) mass is 475 g/mol. The molecule has 1 aromatic carbocycles. The fraction of sp³-hybridized carbons (Fsp3) is 0.160. The molecule has 1 heterocycles. The summed E-state index contributed by atoms with van der Waals surface area (Å²) in [5.41, 5.74) is 3.57. The first-order valence-electron chi connectivity index (χ1n) is 10.3. The van der Waals surface area contributed by atoms with E-state index in [1.54, 1.807) is 11.8 Å². The summed E-state index contributed by atoms with van der Waals surface area (Å²) in [6.07, 6.45) is 23.1. The highest BCUT2D eigenvalue weighted by Gasteiger charge is 2.20. The molecule has 2 nitrogen and oxygen atoms in total. The van der Waals surface area contributed by atoms with Crippen molar-refractivity contribution in [2.75, 3.05) is 20.7 Å². The molecule has 8 heteroatoms. The largest absolute Gasteiger partial charge is 0.673 e. The van der Waals surface area contributed by atoms with Crippen LogP contribution < -0.4 is 0 Å². The summed E-state index contributed by atoms with van der Waals surface area (Å²) in [6, 6.07) is 8.37. The van der Waals surface area contributed by atoms with Gasteiger partial charge in [0.15, 0.2) is 5.71 Å². The van der Waals surface area contributed by atoms with Crippen LogP contribution in [-0.2, 0) is 4.74 Å². The Hall–Kier alpha value is -3.00. The van der Waals surface area contributed by atoms with Gasteiger partial charge >= 0.3 is 7.25 Å². The van der Waals surface area contributed by atoms with Gasteiger partial charge in [0.2, 0.25) is 0 Å². The van der Waals surface area contributed by atoms with Crippen LogP contribution in [0.25, 0.3) is 5.76 Å². The second kappa shape index (κ2) is 12.9. The second-order valence-electron chi connectivity index (χ2n) is 7.03. The third-order valence-corrected chi connectivity index (χ3v) is 5.31. The Morgan fingerprint density at radius 1 is 0.909 bits per heavy atom. The minimum atomic E-state index is -6.00. The van der Waals surface area contributed by atoms with Crippen molar-refractivity contribution in [2.45, 2.75) is 11.8 Å². The minimum absolute atomic E-state index is 0.669. The number of fused-ring (bicyclic) bond motifs is 1. The van der Waals surface area contributed by atoms with E-state index in [0.717, 1.165) is 5.76 Å². The topological polar surface area (TPSA) is 12.2 Å². The van der Waals surface area contributed by atoms with Gasteiger partial charge in [-0.1, -0.05) is 60.3 Å². The van der Waals surface area contributed by atoms with Gasteiger partial charge in [0.1, 0.15) is 19.9 Å². The molecule has 33 heavy (non-hydrogen) atoms. The zero-order valence-electron chi connectivity index (χ0n) is 18.7. The number of halogens is 4. The lowest BCUT2D eigenvalue weighted by Crippen LogP contribution is -2.09. The first-order valence-corrected chi connectivity index (χ1v) is 11.1. The predicted molar refractivity (Wildman–Crippen MR) is 132 cm³/mol. The van der Waals surface area contributed by atoms with Crippen molar-refractivity contribution in [1.29, 1.82) is 0 Å². The highest BCUT2D eigenvalue weighted by Crippen LogP contribution is 2.40. The van der Waals surface area contributed by atoms with Gasteiger partial charge < -0.3 is 22.0 Å². The molecular weight excluding hydrogens is 449 g/mol. The quantitative estimate of drug-likeness (QED) is 0.193. The van der Waals surface area contributed by atoms with Crippen LogP contribution in [0.5, 0.6) is 0 Å². The third-order valence-electron chi connectivity index (χ3n) is 4.25. The van der Waals surface area contributed by atoms with Crippen LogP contribution in [0.3, 0.4) is 0 Å². The zero-order chi connectivity index (χ0) is 24.3. The fourth-order valence-electron chi connectivity index (χ4n) is 2.81. The van der Waals surface area contributed by atoms with Gasteiger partial charge in [-0.25, -0.2) is 4.58 Å². The molecule has 1 aliphatic heterocycles. The molecule has 0 radical (unpaired) electrons. The summed E-state index contributed by atoms with van der Waals surface area (Å²) in [5.74, 6) is 0.946. The Kier molecular flexibility index (Phi) is 10.3. The number of rotatable bonds is 5. The van der Waals surface area contributed by atoms with Gasteiger partial charge in [-0.2, -0.15) is 0 Å². The summed E-state index contributed by atoms with van der Waals surface area (Å²) >= 11 is 1.77. The van der Waals surface area contributed by atoms with E-state index in [1.807, 2.05) is 33.2 Å². The van der Waals surface area contributed by atoms with E-state index in [0.29, 0.717) is 6.61 Å². The molecule has 174 valence electrons. The van der Waals surface area contributed by atoms with Gasteiger partial charge in [-0.3, -0.25) is 0 Å². The number of ether oxygens (including phenoxy) is 1. The SMILES string of the molecule is CCOC1=C/C(=C/C=C/C=C/C=C2C=CC(=[N+](C)C)C=C2)Sc2ccccc21.F[B-](F)(F)F. The van der Waals surface area contributed by atoms with E-state index in [-0.39, 0.29) is 0 Å². The normalized spacial score (nSPS) is 16.6. The predicted octanol–water partition coefficient (Wildman–Crippen LogP) is 7.23. The standard InChI is InChI=1S/C25H26NOS.BF4/c1-4-27-24-19-22(28-25-14-10-9-13-23(24)25)12-8-6-5-7-11-20-15-17-21(18-16-20)26(2)3;2-1(3,4)5/h5-19H,4H2,1-3H3;/q+1;-1/b7-5+,8-6+,22-12-;. The molecule has 0 saturated carbocycles. The van der Waals surface area contributed by atoms with Crippen LogP contribution >= 0.6 is 11.8 Å². The lowest BCUT2D eigenvalue weighted by molar-refractivity contribution is -0.462. The molecule has 0 fully saturated rings. The maximum atomic E-state index is 9.75. The minimum Gasteiger partial charge on any atom is -0.493 e. The third kappa shape index (κ3) is 9.99. The van der Waals surface area contributed by atoms with Gasteiger partial charge in [0.25, 0.3) is 0 Å². The summed E-state index contributed by atoms with van der Waals surface area (Å²) in [4.78, 5) is 2.41. The van der Waals surface area contributed by atoms with Crippen molar-refractivity contribution in [1.82, 2.24) is 0 Å². The lowest BCUT2D eigenvalue weighted by atomic mass is 10.1. The lowest BCUT2D eigenvalue weighted by Gasteiger charge is -2.18. The van der Waals surface area contributed by atoms with Crippen molar-refractivity contribution >= 4 is 30.5 Å². The Bertz CT molecular complexity index is 1050. The smallest absolute Gasteiger partial charge is 0.493 e. The van der Waals surface area contributed by atoms with Gasteiger partial charge in [0, 0.05) is 27.5 Å². The molecule has 3 rings (SSSR count). The van der Waals surface area contributed by atoms with Crippen LogP contribution in [0.15, 0.2) is 106 Å². The van der Waals surface area contributed by atoms with Gasteiger partial charge in [0.05, 0.1) is 6.61 Å². The Morgan fingerprint density at radius 2 is 1.52 bits per heavy atom. The van der Waals surface area contributed by atoms with Crippen LogP contribution in [0.2, 0.25) is 0 Å². The van der Waals surface area contributed by atoms with E-state index in [4.69, 9.17) is 4.74 Å². The number of hydrogen-bond acceptors (Lipinski definition) is 2. The number of hydrogen-bond donors (Lipinski definition) is 0. The van der Waals surface area contributed by atoms with Crippen LogP contribution in [0.4, 0.5) is 17.3 Å². The maximum Gasteiger partial charge on any atom is 0.673 e. The summed E-state index contributed by atoms with van der Waals surface area (Å²) in [7, 11) is -1.90. The number of allylic oxidation sites excluding steroid dienone is 12. The van der Waals surface area contributed by atoms with Crippen LogP contribution in [-0.4, -0.2) is 38.2 Å². The van der Waals surface area contributed by atoms with Gasteiger partial charge in [-0.05, 0) is 42.9 Å². The highest BCUT2D eigenvalue weighted by atomic mass is 32.2. The van der Waals surface area contributed by atoms with E-state index in [9.17, 15) is 17.3 Å². The number of nitrogens with zero attached hydrogens (tertiary/aromatic N) is 1. The molecule has 1 aromatic rings. The molecule has 0 unspecified atom stereocenters. The molecular formula is C25H26BF4NOS.